The van der Waals surface area contributed by atoms with Crippen molar-refractivity contribution in [2.24, 2.45) is 0 Å². The Bertz CT molecular complexity index is 437. The van der Waals surface area contributed by atoms with E-state index >= 15 is 0 Å². The van der Waals surface area contributed by atoms with Crippen molar-refractivity contribution in [3.8, 4) is 0 Å². The van der Waals surface area contributed by atoms with Gasteiger partial charge in [-0.15, -0.1) is 0 Å². The van der Waals surface area contributed by atoms with Gasteiger partial charge < -0.3 is 24.6 Å². The van der Waals surface area contributed by atoms with Gasteiger partial charge in [-0.2, -0.15) is 0 Å². The maximum absolute atomic E-state index is 10.7. The molecule has 2 N–H and O–H groups in total. The van der Waals surface area contributed by atoms with E-state index in [0.29, 0.717) is 25.2 Å². The van der Waals surface area contributed by atoms with Crippen LogP contribution in [0, 0.1) is 0 Å². The molecule has 0 aliphatic carbocycles. The van der Waals surface area contributed by atoms with E-state index in [0.717, 1.165) is 5.56 Å². The summed E-state index contributed by atoms with van der Waals surface area (Å²) in [7, 11) is -4.56. The number of hydrogen-bond donors (Lipinski definition) is 2. The summed E-state index contributed by atoms with van der Waals surface area (Å²) in [6.45, 7) is 1.29. The Morgan fingerprint density at radius 3 is 2.05 bits per heavy atom. The summed E-state index contributed by atoms with van der Waals surface area (Å²) in [5, 5.41) is 17.8. The summed E-state index contributed by atoms with van der Waals surface area (Å²) in [6.07, 6.45) is -0.499. The van der Waals surface area contributed by atoms with E-state index < -0.39 is 13.8 Å². The fourth-order valence-corrected chi connectivity index (χ4v) is 2.50. The van der Waals surface area contributed by atoms with E-state index in [2.05, 4.69) is 0 Å². The van der Waals surface area contributed by atoms with Crippen molar-refractivity contribution in [3.63, 3.8) is 0 Å². The second kappa shape index (κ2) is 12.6. The topological polar surface area (TPSA) is 107 Å². The number of rotatable bonds is 8. The number of hydrogen-bond acceptors (Lipinski definition) is 6. The predicted octanol–water partition coefficient (Wildman–Crippen LogP) is -7.11. The second-order valence-corrected chi connectivity index (χ2v) is 5.85. The van der Waals surface area contributed by atoms with E-state index in [1.54, 1.807) is 18.2 Å². The molecule has 0 unspecified atom stereocenters. The Kier molecular flexibility index (Phi) is 14.8. The first-order chi connectivity index (χ1) is 8.94. The molecule has 0 aliphatic heterocycles. The van der Waals surface area contributed by atoms with Crippen LogP contribution in [-0.2, 0) is 17.3 Å². The second-order valence-electron chi connectivity index (χ2n) is 4.31. The normalized spacial score (nSPS) is 10.9. The van der Waals surface area contributed by atoms with Gasteiger partial charge in [0.15, 0.2) is 0 Å². The van der Waals surface area contributed by atoms with Gasteiger partial charge in [0.05, 0.1) is 13.2 Å². The summed E-state index contributed by atoms with van der Waals surface area (Å²) >= 11 is 0. The van der Waals surface area contributed by atoms with Crippen molar-refractivity contribution in [2.45, 2.75) is 12.7 Å². The molecule has 0 saturated heterocycles. The molecule has 0 radical (unpaired) electrons. The van der Waals surface area contributed by atoms with E-state index in [1.165, 1.54) is 0 Å². The molecule has 0 spiro atoms. The molecule has 0 saturated carbocycles. The van der Waals surface area contributed by atoms with Crippen LogP contribution in [0.4, 0.5) is 0 Å². The molecule has 21 heavy (non-hydrogen) atoms. The maximum Gasteiger partial charge on any atom is 1.00 e. The van der Waals surface area contributed by atoms with Crippen molar-refractivity contribution in [1.29, 1.82) is 0 Å². The Hall–Kier alpha value is 1.25. The molecule has 0 fully saturated rings. The largest absolute Gasteiger partial charge is 1.00 e. The van der Waals surface area contributed by atoms with Crippen LogP contribution in [0.5, 0.6) is 0 Å². The van der Waals surface area contributed by atoms with Crippen molar-refractivity contribution in [3.05, 3.63) is 35.4 Å². The molecule has 1 aromatic rings. The average Bonchev–Trinajstić information content (AvgIpc) is 2.27. The molecule has 1 aromatic carbocycles. The molecular weight excluding hydrogens is 315 g/mol. The van der Waals surface area contributed by atoms with Crippen LogP contribution in [0.3, 0.4) is 0 Å². The average molecular weight is 333 g/mol. The van der Waals surface area contributed by atoms with E-state index in [4.69, 9.17) is 10.2 Å². The Balaban J connectivity index is 0. The minimum absolute atomic E-state index is 0. The van der Waals surface area contributed by atoms with Crippen molar-refractivity contribution >= 4 is 7.60 Å². The van der Waals surface area contributed by atoms with Crippen molar-refractivity contribution in [1.82, 2.24) is 4.90 Å². The van der Waals surface area contributed by atoms with Crippen LogP contribution in [0.1, 0.15) is 11.1 Å². The minimum Gasteiger partial charge on any atom is -0.810 e. The van der Waals surface area contributed by atoms with E-state index in [-0.39, 0.29) is 72.3 Å². The Labute approximate surface area is 169 Å². The third-order valence-electron chi connectivity index (χ3n) is 2.61. The first-order valence-electron chi connectivity index (χ1n) is 5.97. The molecule has 0 aromatic heterocycles. The number of nitrogens with zero attached hydrogens (tertiary/aromatic N) is 1. The van der Waals surface area contributed by atoms with Crippen molar-refractivity contribution < 1.29 is 83.7 Å². The van der Waals surface area contributed by atoms with Crippen LogP contribution in [0.25, 0.3) is 0 Å². The number of aliphatic hydroxyl groups excluding tert-OH is 2. The zero-order chi connectivity index (χ0) is 14.3. The summed E-state index contributed by atoms with van der Waals surface area (Å²) in [5.74, 6) is 0. The maximum atomic E-state index is 10.7. The van der Waals surface area contributed by atoms with Gasteiger partial charge in [0.25, 0.3) is 0 Å². The summed E-state index contributed by atoms with van der Waals surface area (Å²) in [5.41, 5.74) is 1.30. The summed E-state index contributed by atoms with van der Waals surface area (Å²) in [6, 6.07) is 6.75. The van der Waals surface area contributed by atoms with Gasteiger partial charge >= 0.3 is 59.1 Å². The third kappa shape index (κ3) is 11.4. The monoisotopic (exact) mass is 333 g/mol. The molecular formula is C12H18NNa2O5P. The number of benzene rings is 1. The predicted molar refractivity (Wildman–Crippen MR) is 67.2 cm³/mol. The first-order valence-corrected chi connectivity index (χ1v) is 7.70. The van der Waals surface area contributed by atoms with Gasteiger partial charge in [-0.3, -0.25) is 4.90 Å². The van der Waals surface area contributed by atoms with E-state index in [9.17, 15) is 14.4 Å². The van der Waals surface area contributed by atoms with Gasteiger partial charge in [0.1, 0.15) is 0 Å². The van der Waals surface area contributed by atoms with Gasteiger partial charge in [-0.25, -0.2) is 0 Å². The zero-order valence-corrected chi connectivity index (χ0v) is 17.5. The quantitative estimate of drug-likeness (QED) is 0.362. The van der Waals surface area contributed by atoms with Gasteiger partial charge in [-0.05, 0) is 11.1 Å². The summed E-state index contributed by atoms with van der Waals surface area (Å²) in [4.78, 5) is 23.3. The van der Waals surface area contributed by atoms with E-state index in [1.807, 2.05) is 11.0 Å². The molecule has 0 heterocycles. The van der Waals surface area contributed by atoms with Crippen LogP contribution in [-0.4, -0.2) is 41.4 Å². The van der Waals surface area contributed by atoms with Crippen LogP contribution < -0.4 is 68.9 Å². The van der Waals surface area contributed by atoms with Crippen LogP contribution in [0.15, 0.2) is 24.3 Å². The first kappa shape index (κ1) is 24.5. The van der Waals surface area contributed by atoms with Gasteiger partial charge in [-0.1, -0.05) is 31.9 Å². The number of aliphatic hydroxyl groups is 2. The van der Waals surface area contributed by atoms with Crippen LogP contribution >= 0.6 is 7.60 Å². The smallest absolute Gasteiger partial charge is 0.810 e. The molecule has 0 aliphatic rings. The molecule has 0 bridgehead atoms. The summed E-state index contributed by atoms with van der Waals surface area (Å²) < 4.78 is 10.7. The standard InChI is InChI=1S/C12H20NO5P.2Na/c14-6-4-13(5-7-15)9-11-2-1-3-12(8-11)10-19(16,17)18;;/h1-3,8,14-15H,4-7,9-10H2,(H2,16,17,18);;/q;2*+1/p-2. The molecule has 1 rings (SSSR count). The Morgan fingerprint density at radius 1 is 1.05 bits per heavy atom. The van der Waals surface area contributed by atoms with Gasteiger partial charge in [0.2, 0.25) is 0 Å². The molecule has 9 heteroatoms. The SMILES string of the molecule is O=P([O-])([O-])Cc1cccc(CN(CCO)CCO)c1.[Na+].[Na+]. The van der Waals surface area contributed by atoms with Gasteiger partial charge in [0, 0.05) is 25.8 Å². The fraction of sp³-hybridized carbons (Fsp3) is 0.500. The fourth-order valence-electron chi connectivity index (χ4n) is 1.86. The van der Waals surface area contributed by atoms with Crippen molar-refractivity contribution in [2.75, 3.05) is 26.3 Å². The molecule has 6 nitrogen and oxygen atoms in total. The zero-order valence-electron chi connectivity index (χ0n) is 12.6. The molecule has 108 valence electrons. The molecule has 0 amide bonds. The van der Waals surface area contributed by atoms with Crippen LogP contribution in [0.2, 0.25) is 0 Å². The minimum atomic E-state index is -4.56. The Morgan fingerprint density at radius 2 is 1.57 bits per heavy atom. The third-order valence-corrected chi connectivity index (χ3v) is 3.36. The molecule has 0 atom stereocenters.